The highest BCUT2D eigenvalue weighted by Gasteiger charge is 2.60. The number of esters is 2. The molecule has 4 aliphatic rings. The van der Waals surface area contributed by atoms with E-state index >= 15 is 0 Å². The Labute approximate surface area is 173 Å². The van der Waals surface area contributed by atoms with Gasteiger partial charge in [0.05, 0.1) is 0 Å². The summed E-state index contributed by atoms with van der Waals surface area (Å²) in [6, 6.07) is 0. The van der Waals surface area contributed by atoms with Crippen LogP contribution in [0.2, 0.25) is 0 Å². The van der Waals surface area contributed by atoms with Crippen LogP contribution in [-0.2, 0) is 23.9 Å². The zero-order valence-electron chi connectivity index (χ0n) is 17.9. The Kier molecular flexibility index (Phi) is 5.60. The van der Waals surface area contributed by atoms with Crippen molar-refractivity contribution < 1.29 is 23.9 Å². The second kappa shape index (κ2) is 7.88. The number of fused-ring (bicyclic) bond motifs is 5. The van der Waals surface area contributed by atoms with Crippen LogP contribution in [-0.4, -0.2) is 30.4 Å². The lowest BCUT2D eigenvalue weighted by Crippen LogP contribution is -2.49. The maximum atomic E-state index is 12.3. The molecule has 160 valence electrons. The van der Waals surface area contributed by atoms with E-state index in [4.69, 9.17) is 9.47 Å². The number of carbonyl (C=O) groups excluding carboxylic acids is 3. The lowest BCUT2D eigenvalue weighted by Gasteiger charge is -2.53. The third-order valence-electron chi connectivity index (χ3n) is 8.55. The fourth-order valence-electron chi connectivity index (χ4n) is 7.26. The molecule has 4 aliphatic carbocycles. The highest BCUT2D eigenvalue weighted by Crippen LogP contribution is 2.64. The summed E-state index contributed by atoms with van der Waals surface area (Å²) in [5.74, 6) is 2.29. The molecule has 0 bridgehead atoms. The summed E-state index contributed by atoms with van der Waals surface area (Å²) in [6.45, 7) is 5.52. The van der Waals surface area contributed by atoms with Gasteiger partial charge in [0.1, 0.15) is 6.10 Å². The molecule has 0 amide bonds. The molecule has 0 unspecified atom stereocenters. The van der Waals surface area contributed by atoms with Gasteiger partial charge in [-0.2, -0.15) is 0 Å². The third-order valence-corrected chi connectivity index (χ3v) is 8.55. The van der Waals surface area contributed by atoms with E-state index in [1.54, 1.807) is 0 Å². The highest BCUT2D eigenvalue weighted by molar-refractivity contribution is 5.91. The lowest BCUT2D eigenvalue weighted by atomic mass is 9.52. The second-order valence-electron chi connectivity index (χ2n) is 9.94. The molecule has 0 saturated heterocycles. The topological polar surface area (TPSA) is 69.7 Å². The van der Waals surface area contributed by atoms with Crippen molar-refractivity contribution >= 4 is 17.7 Å². The average molecular weight is 403 g/mol. The normalized spacial score (nSPS) is 40.9. The molecule has 3 fully saturated rings. The molecular weight excluding hydrogens is 368 g/mol. The molecule has 3 saturated carbocycles. The van der Waals surface area contributed by atoms with Crippen LogP contribution in [0.1, 0.15) is 72.1 Å². The monoisotopic (exact) mass is 402 g/mol. The molecule has 0 radical (unpaired) electrons. The Balaban J connectivity index is 1.52. The van der Waals surface area contributed by atoms with Gasteiger partial charge in [0.2, 0.25) is 0 Å². The first-order valence-corrected chi connectivity index (χ1v) is 11.4. The maximum Gasteiger partial charge on any atom is 0.344 e. The van der Waals surface area contributed by atoms with Crippen molar-refractivity contribution in [2.75, 3.05) is 6.61 Å². The minimum absolute atomic E-state index is 0.000565. The van der Waals surface area contributed by atoms with Gasteiger partial charge in [-0.1, -0.05) is 19.4 Å². The first-order valence-electron chi connectivity index (χ1n) is 11.4. The van der Waals surface area contributed by atoms with Gasteiger partial charge in [0.25, 0.3) is 0 Å². The number of allylic oxidation sites excluding steroid dienone is 1. The summed E-state index contributed by atoms with van der Waals surface area (Å²) >= 11 is 0. The molecule has 0 N–H and O–H groups in total. The van der Waals surface area contributed by atoms with Crippen molar-refractivity contribution in [1.82, 2.24) is 0 Å². The van der Waals surface area contributed by atoms with Crippen molar-refractivity contribution in [1.29, 1.82) is 0 Å². The van der Waals surface area contributed by atoms with Crippen molar-refractivity contribution in [3.63, 3.8) is 0 Å². The van der Waals surface area contributed by atoms with Crippen LogP contribution in [0.3, 0.4) is 0 Å². The Morgan fingerprint density at radius 3 is 2.69 bits per heavy atom. The van der Waals surface area contributed by atoms with Gasteiger partial charge >= 0.3 is 11.9 Å². The Morgan fingerprint density at radius 2 is 1.97 bits per heavy atom. The molecule has 0 aromatic carbocycles. The van der Waals surface area contributed by atoms with Crippen molar-refractivity contribution in [2.24, 2.45) is 35.0 Å². The summed E-state index contributed by atoms with van der Waals surface area (Å²) in [4.78, 5) is 35.3. The van der Waals surface area contributed by atoms with E-state index in [2.05, 4.69) is 13.8 Å². The molecule has 0 spiro atoms. The smallest absolute Gasteiger partial charge is 0.344 e. The molecule has 4 rings (SSSR count). The van der Waals surface area contributed by atoms with Crippen LogP contribution in [0.4, 0.5) is 0 Å². The Bertz CT molecular complexity index is 725. The zero-order chi connectivity index (χ0) is 20.8. The number of hydrogen-bond donors (Lipinski definition) is 0. The van der Waals surface area contributed by atoms with Crippen LogP contribution < -0.4 is 0 Å². The van der Waals surface area contributed by atoms with Gasteiger partial charge in [-0.25, -0.2) is 4.79 Å². The van der Waals surface area contributed by atoms with Gasteiger partial charge in [-0.05, 0) is 80.6 Å². The number of hydrogen-bond acceptors (Lipinski definition) is 5. The van der Waals surface area contributed by atoms with E-state index < -0.39 is 11.9 Å². The predicted octanol–water partition coefficient (Wildman–Crippen LogP) is 4.24. The summed E-state index contributed by atoms with van der Waals surface area (Å²) in [7, 11) is 0. The third kappa shape index (κ3) is 3.66. The van der Waals surface area contributed by atoms with Gasteiger partial charge in [0.15, 0.2) is 12.4 Å². The number of ketones is 1. The van der Waals surface area contributed by atoms with Crippen molar-refractivity contribution in [2.45, 2.75) is 78.2 Å². The van der Waals surface area contributed by atoms with E-state index in [9.17, 15) is 14.4 Å². The lowest BCUT2D eigenvalue weighted by molar-refractivity contribution is -0.170. The second-order valence-corrected chi connectivity index (χ2v) is 9.94. The predicted molar refractivity (Wildman–Crippen MR) is 108 cm³/mol. The molecule has 0 heterocycles. The molecule has 7 atom stereocenters. The quantitative estimate of drug-likeness (QED) is 0.658. The van der Waals surface area contributed by atoms with Gasteiger partial charge in [-0.15, -0.1) is 0 Å². The van der Waals surface area contributed by atoms with Crippen LogP contribution in [0.5, 0.6) is 0 Å². The van der Waals surface area contributed by atoms with Crippen LogP contribution >= 0.6 is 0 Å². The highest BCUT2D eigenvalue weighted by atomic mass is 16.6. The molecular formula is C24H34O5. The summed E-state index contributed by atoms with van der Waals surface area (Å²) in [5.41, 5.74) is 1.40. The minimum Gasteiger partial charge on any atom is -0.459 e. The van der Waals surface area contributed by atoms with Gasteiger partial charge < -0.3 is 9.47 Å². The number of ether oxygens (including phenoxy) is 2. The maximum absolute atomic E-state index is 12.3. The van der Waals surface area contributed by atoms with E-state index in [0.717, 1.165) is 44.9 Å². The van der Waals surface area contributed by atoms with E-state index in [1.807, 2.05) is 6.08 Å². The first-order chi connectivity index (χ1) is 13.8. The number of rotatable bonds is 4. The number of carbonyl (C=O) groups is 3. The Morgan fingerprint density at radius 1 is 1.17 bits per heavy atom. The van der Waals surface area contributed by atoms with Crippen molar-refractivity contribution in [3.05, 3.63) is 11.6 Å². The molecule has 0 aromatic heterocycles. The summed E-state index contributed by atoms with van der Waals surface area (Å²) < 4.78 is 10.8. The van der Waals surface area contributed by atoms with E-state index in [0.29, 0.717) is 41.8 Å². The van der Waals surface area contributed by atoms with E-state index in [-0.39, 0.29) is 18.1 Å². The zero-order valence-corrected chi connectivity index (χ0v) is 17.9. The van der Waals surface area contributed by atoms with Crippen LogP contribution in [0.15, 0.2) is 11.6 Å². The van der Waals surface area contributed by atoms with Crippen LogP contribution in [0, 0.1) is 35.0 Å². The average Bonchev–Trinajstić information content (AvgIpc) is 2.98. The van der Waals surface area contributed by atoms with Crippen molar-refractivity contribution in [3.8, 4) is 0 Å². The Hall–Kier alpha value is -1.65. The molecule has 29 heavy (non-hydrogen) atoms. The summed E-state index contributed by atoms with van der Waals surface area (Å²) in [6.07, 6.45) is 10.1. The largest absolute Gasteiger partial charge is 0.459 e. The molecule has 0 aliphatic heterocycles. The fraction of sp³-hybridized carbons (Fsp3) is 0.792. The van der Waals surface area contributed by atoms with E-state index in [1.165, 1.54) is 12.5 Å². The minimum atomic E-state index is -0.456. The molecule has 5 heteroatoms. The van der Waals surface area contributed by atoms with Gasteiger partial charge in [-0.3, -0.25) is 9.59 Å². The first kappa shape index (κ1) is 20.6. The molecule has 5 nitrogen and oxygen atoms in total. The van der Waals surface area contributed by atoms with Crippen LogP contribution in [0.25, 0.3) is 0 Å². The SMILES string of the molecule is CC[C@H]1C[C@H]2[C@@H]3CCC4=CC(=O)CC[C@@H]4[C@H]3CC[C@]2(C)[C@H]1OC(=O)COC(C)=O. The van der Waals surface area contributed by atoms with Gasteiger partial charge in [0, 0.05) is 18.8 Å². The fourth-order valence-corrected chi connectivity index (χ4v) is 7.26. The molecule has 0 aromatic rings. The summed E-state index contributed by atoms with van der Waals surface area (Å²) in [5, 5.41) is 0. The standard InChI is InChI=1S/C24H34O5/c1-4-15-12-21-20-7-5-16-11-17(26)6-8-18(16)19(20)9-10-24(21,3)23(15)29-22(27)13-28-14(2)25/h11,15,18-21,23H,4-10,12-13H2,1-3H3/t15-,18-,19+,20+,21-,23-,24-/m0/s1.